The minimum atomic E-state index is 1.02. The van der Waals surface area contributed by atoms with Gasteiger partial charge in [-0.05, 0) is 186 Å². The average molecular weight is 1060 g/mol. The van der Waals surface area contributed by atoms with Crippen molar-refractivity contribution in [1.82, 2.24) is 4.57 Å². The molecule has 0 amide bonds. The summed E-state index contributed by atoms with van der Waals surface area (Å²) >= 11 is 0. The molecule has 1 heterocycles. The molecule has 0 spiro atoms. The van der Waals surface area contributed by atoms with Gasteiger partial charge in [-0.15, -0.1) is 0 Å². The SMILES string of the molecule is c1ccc(-c2ccc(N(c3cc(-c4ccc5c(c4)c4ccccc4n5-c4ccccc4)cc(N(c4ccc(-c5ccccc5)cc4)c4ccc5cc(-c6ccccc6)ccc5c4)c3)c3ccc4cc(-c5ccccc5)ccc4c3)cc2)cc1. The molecule has 3 nitrogen and oxygen atoms in total. The first-order valence-corrected chi connectivity index (χ1v) is 28.5. The minimum absolute atomic E-state index is 1.02. The Morgan fingerprint density at radius 2 is 0.518 bits per heavy atom. The second kappa shape index (κ2) is 21.2. The van der Waals surface area contributed by atoms with Crippen LogP contribution in [-0.4, -0.2) is 4.57 Å². The summed E-state index contributed by atoms with van der Waals surface area (Å²) in [5.41, 5.74) is 21.4. The Labute approximate surface area is 484 Å². The van der Waals surface area contributed by atoms with Crippen LogP contribution in [0.1, 0.15) is 0 Å². The minimum Gasteiger partial charge on any atom is -0.310 e. The van der Waals surface area contributed by atoms with Gasteiger partial charge >= 0.3 is 0 Å². The molecule has 15 rings (SSSR count). The maximum atomic E-state index is 2.44. The van der Waals surface area contributed by atoms with Crippen molar-refractivity contribution in [3.8, 4) is 61.3 Å². The van der Waals surface area contributed by atoms with E-state index in [0.29, 0.717) is 0 Å². The zero-order valence-electron chi connectivity index (χ0n) is 45.6. The molecular weight excluding hydrogens is 1000 g/mol. The third-order valence-corrected chi connectivity index (χ3v) is 16.3. The Morgan fingerprint density at radius 1 is 0.181 bits per heavy atom. The van der Waals surface area contributed by atoms with E-state index >= 15 is 0 Å². The van der Waals surface area contributed by atoms with Crippen LogP contribution in [-0.2, 0) is 0 Å². The molecule has 0 bridgehead atoms. The van der Waals surface area contributed by atoms with Crippen molar-refractivity contribution in [2.24, 2.45) is 0 Å². The number of hydrogen-bond donors (Lipinski definition) is 0. The smallest absolute Gasteiger partial charge is 0.0541 e. The van der Waals surface area contributed by atoms with E-state index in [0.717, 1.165) is 78.4 Å². The van der Waals surface area contributed by atoms with Crippen molar-refractivity contribution in [3.05, 3.63) is 334 Å². The van der Waals surface area contributed by atoms with E-state index in [1.54, 1.807) is 0 Å². The quantitative estimate of drug-likeness (QED) is 0.121. The predicted octanol–water partition coefficient (Wildman–Crippen LogP) is 22.4. The van der Waals surface area contributed by atoms with Crippen LogP contribution in [0.5, 0.6) is 0 Å². The molecule has 14 aromatic carbocycles. The van der Waals surface area contributed by atoms with Gasteiger partial charge in [0.05, 0.1) is 11.0 Å². The van der Waals surface area contributed by atoms with Crippen molar-refractivity contribution in [3.63, 3.8) is 0 Å². The summed E-state index contributed by atoms with van der Waals surface area (Å²) in [5.74, 6) is 0. The molecule has 0 fully saturated rings. The lowest BCUT2D eigenvalue weighted by molar-refractivity contribution is 1.18. The maximum Gasteiger partial charge on any atom is 0.0541 e. The highest BCUT2D eigenvalue weighted by atomic mass is 15.2. The summed E-state index contributed by atoms with van der Waals surface area (Å²) in [7, 11) is 0. The van der Waals surface area contributed by atoms with E-state index in [2.05, 4.69) is 348 Å². The molecule has 3 heteroatoms. The fourth-order valence-electron chi connectivity index (χ4n) is 12.2. The van der Waals surface area contributed by atoms with E-state index in [1.165, 1.54) is 60.4 Å². The summed E-state index contributed by atoms with van der Waals surface area (Å²) in [5, 5.41) is 7.11. The van der Waals surface area contributed by atoms with Gasteiger partial charge < -0.3 is 14.4 Å². The fraction of sp³-hybridized carbons (Fsp3) is 0. The van der Waals surface area contributed by atoms with Gasteiger partial charge in [0, 0.05) is 50.6 Å². The molecule has 0 aliphatic rings. The topological polar surface area (TPSA) is 11.4 Å². The highest BCUT2D eigenvalue weighted by Gasteiger charge is 2.22. The second-order valence-electron chi connectivity index (χ2n) is 21.4. The summed E-state index contributed by atoms with van der Waals surface area (Å²) in [6.07, 6.45) is 0. The Kier molecular flexibility index (Phi) is 12.6. The van der Waals surface area contributed by atoms with E-state index in [9.17, 15) is 0 Å². The summed E-state index contributed by atoms with van der Waals surface area (Å²) in [6.45, 7) is 0. The molecule has 0 unspecified atom stereocenters. The number of aromatic nitrogens is 1. The standard InChI is InChI=1S/C80H55N3/c1-6-18-56(19-7-1)60-34-41-71(42-35-60)81(73-45-38-64-48-62(30-32-66(64)50-73)58-22-10-3-11-23-58)75-52-69(68-40-47-80-78(54-68)77-28-16-17-29-79(77)83(80)70-26-14-5-15-27-70)53-76(55-75)82(72-43-36-61(37-44-72)57-20-8-2-9-21-57)74-46-39-65-49-63(31-33-67(65)51-74)59-24-12-4-13-25-59/h1-55H. The highest BCUT2D eigenvalue weighted by Crippen LogP contribution is 2.46. The van der Waals surface area contributed by atoms with Crippen LogP contribution >= 0.6 is 0 Å². The van der Waals surface area contributed by atoms with Crippen LogP contribution in [0, 0.1) is 0 Å². The van der Waals surface area contributed by atoms with Gasteiger partial charge in [0.1, 0.15) is 0 Å². The summed E-state index contributed by atoms with van der Waals surface area (Å²) < 4.78 is 2.39. The average Bonchev–Trinajstić information content (AvgIpc) is 4.10. The largest absolute Gasteiger partial charge is 0.310 e. The van der Waals surface area contributed by atoms with E-state index < -0.39 is 0 Å². The Bertz CT molecular complexity index is 4580. The molecule has 15 aromatic rings. The molecule has 0 aliphatic heterocycles. The molecule has 1 aromatic heterocycles. The predicted molar refractivity (Wildman–Crippen MR) is 352 cm³/mol. The van der Waals surface area contributed by atoms with Gasteiger partial charge in [0.2, 0.25) is 0 Å². The van der Waals surface area contributed by atoms with Crippen molar-refractivity contribution in [2.75, 3.05) is 9.80 Å². The molecular formula is C80H55N3. The van der Waals surface area contributed by atoms with Gasteiger partial charge in [-0.2, -0.15) is 0 Å². The van der Waals surface area contributed by atoms with Crippen LogP contribution in [0.15, 0.2) is 334 Å². The Hall–Kier alpha value is -11.0. The molecule has 0 atom stereocenters. The van der Waals surface area contributed by atoms with Crippen LogP contribution in [0.2, 0.25) is 0 Å². The number of nitrogens with zero attached hydrogens (tertiary/aromatic N) is 3. The van der Waals surface area contributed by atoms with Crippen molar-refractivity contribution in [2.45, 2.75) is 0 Å². The lowest BCUT2D eigenvalue weighted by Crippen LogP contribution is -2.14. The third kappa shape index (κ3) is 9.46. The van der Waals surface area contributed by atoms with Crippen molar-refractivity contribution >= 4 is 77.5 Å². The first kappa shape index (κ1) is 49.1. The number of anilines is 6. The molecule has 0 N–H and O–H groups in total. The number of hydrogen-bond acceptors (Lipinski definition) is 2. The van der Waals surface area contributed by atoms with E-state index in [1.807, 2.05) is 0 Å². The van der Waals surface area contributed by atoms with Gasteiger partial charge in [-0.25, -0.2) is 0 Å². The molecule has 0 radical (unpaired) electrons. The molecule has 0 saturated heterocycles. The Balaban J connectivity index is 0.964. The number of benzene rings is 14. The second-order valence-corrected chi connectivity index (χ2v) is 21.4. The monoisotopic (exact) mass is 1060 g/mol. The normalized spacial score (nSPS) is 11.4. The van der Waals surface area contributed by atoms with Crippen LogP contribution in [0.25, 0.3) is 105 Å². The fourth-order valence-corrected chi connectivity index (χ4v) is 12.2. The first-order valence-electron chi connectivity index (χ1n) is 28.5. The zero-order chi connectivity index (χ0) is 55.1. The maximum absolute atomic E-state index is 2.44. The van der Waals surface area contributed by atoms with Gasteiger partial charge in [-0.3, -0.25) is 0 Å². The first-order chi connectivity index (χ1) is 41.1. The molecule has 390 valence electrons. The van der Waals surface area contributed by atoms with E-state index in [-0.39, 0.29) is 0 Å². The number of rotatable bonds is 12. The molecule has 0 saturated carbocycles. The lowest BCUT2D eigenvalue weighted by Gasteiger charge is -2.31. The van der Waals surface area contributed by atoms with Gasteiger partial charge in [-0.1, -0.05) is 224 Å². The lowest BCUT2D eigenvalue weighted by atomic mass is 9.98. The Morgan fingerprint density at radius 3 is 1.00 bits per heavy atom. The van der Waals surface area contributed by atoms with Crippen LogP contribution < -0.4 is 9.80 Å². The number of para-hydroxylation sites is 2. The zero-order valence-corrected chi connectivity index (χ0v) is 45.6. The van der Waals surface area contributed by atoms with Crippen molar-refractivity contribution in [1.29, 1.82) is 0 Å². The molecule has 0 aliphatic carbocycles. The van der Waals surface area contributed by atoms with Crippen LogP contribution in [0.4, 0.5) is 34.1 Å². The van der Waals surface area contributed by atoms with Gasteiger partial charge in [0.15, 0.2) is 0 Å². The van der Waals surface area contributed by atoms with Gasteiger partial charge in [0.25, 0.3) is 0 Å². The highest BCUT2D eigenvalue weighted by molar-refractivity contribution is 6.11. The third-order valence-electron chi connectivity index (χ3n) is 16.3. The van der Waals surface area contributed by atoms with E-state index in [4.69, 9.17) is 0 Å². The summed E-state index contributed by atoms with van der Waals surface area (Å²) in [4.78, 5) is 4.88. The number of fused-ring (bicyclic) bond motifs is 5. The summed E-state index contributed by atoms with van der Waals surface area (Å²) in [6, 6.07) is 122. The molecule has 83 heavy (non-hydrogen) atoms. The van der Waals surface area contributed by atoms with Crippen molar-refractivity contribution < 1.29 is 0 Å². The van der Waals surface area contributed by atoms with Crippen LogP contribution in [0.3, 0.4) is 0 Å².